The molecule has 3 nitrogen and oxygen atoms in total. The predicted octanol–water partition coefficient (Wildman–Crippen LogP) is 1.49. The smallest absolute Gasteiger partial charge is 0.0585 e. The van der Waals surface area contributed by atoms with E-state index in [2.05, 4.69) is 38.2 Å². The van der Waals surface area contributed by atoms with Crippen molar-refractivity contribution in [3.63, 3.8) is 0 Å². The zero-order chi connectivity index (χ0) is 13.5. The second-order valence-electron chi connectivity index (χ2n) is 4.89. The number of hydrogen-bond acceptors (Lipinski definition) is 3. The topological polar surface area (TPSA) is 52.5 Å². The van der Waals surface area contributed by atoms with Crippen molar-refractivity contribution in [2.24, 2.45) is 0 Å². The summed E-state index contributed by atoms with van der Waals surface area (Å²) in [6.45, 7) is 7.47. The molecule has 0 aliphatic heterocycles. The van der Waals surface area contributed by atoms with Gasteiger partial charge in [-0.05, 0) is 62.4 Å². The maximum Gasteiger partial charge on any atom is 0.0585 e. The summed E-state index contributed by atoms with van der Waals surface area (Å²) in [5.74, 6) is 0. The first-order valence-electron chi connectivity index (χ1n) is 6.61. The summed E-state index contributed by atoms with van der Waals surface area (Å²) < 4.78 is 0. The molecule has 1 aromatic carbocycles. The Labute approximate surface area is 110 Å². The van der Waals surface area contributed by atoms with Gasteiger partial charge in [0, 0.05) is 12.6 Å². The molecule has 0 bridgehead atoms. The van der Waals surface area contributed by atoms with E-state index in [1.807, 2.05) is 0 Å². The summed E-state index contributed by atoms with van der Waals surface area (Å²) >= 11 is 0. The van der Waals surface area contributed by atoms with Crippen LogP contribution < -0.4 is 5.32 Å². The molecule has 1 atom stereocenters. The van der Waals surface area contributed by atoms with Crippen LogP contribution in [0.1, 0.15) is 28.7 Å². The molecule has 102 valence electrons. The lowest BCUT2D eigenvalue weighted by molar-refractivity contribution is 0.201. The van der Waals surface area contributed by atoms with E-state index in [1.54, 1.807) is 0 Å². The van der Waals surface area contributed by atoms with Gasteiger partial charge in [-0.15, -0.1) is 0 Å². The second kappa shape index (κ2) is 7.52. The van der Waals surface area contributed by atoms with Crippen LogP contribution >= 0.6 is 0 Å². The molecular weight excluding hydrogens is 226 g/mol. The van der Waals surface area contributed by atoms with E-state index < -0.39 is 0 Å². The molecule has 18 heavy (non-hydrogen) atoms. The van der Waals surface area contributed by atoms with E-state index >= 15 is 0 Å². The molecule has 1 aromatic rings. The zero-order valence-electron chi connectivity index (χ0n) is 11.7. The summed E-state index contributed by atoms with van der Waals surface area (Å²) in [7, 11) is 0. The van der Waals surface area contributed by atoms with Gasteiger partial charge in [-0.3, -0.25) is 0 Å². The summed E-state index contributed by atoms with van der Waals surface area (Å²) in [6.07, 6.45) is 1.55. The molecule has 0 aliphatic carbocycles. The highest BCUT2D eigenvalue weighted by molar-refractivity contribution is 5.38. The van der Waals surface area contributed by atoms with Crippen LogP contribution in [0.25, 0.3) is 0 Å². The standard InChI is InChI=1S/C15H25NO2/c1-11-4-5-14(13(3)12(11)2)6-8-16-15(10-18)7-9-17/h4-5,15-18H,6-10H2,1-3H3. The highest BCUT2D eigenvalue weighted by atomic mass is 16.3. The van der Waals surface area contributed by atoms with Crippen molar-refractivity contribution in [2.45, 2.75) is 39.7 Å². The number of nitrogens with one attached hydrogen (secondary N) is 1. The predicted molar refractivity (Wildman–Crippen MR) is 74.9 cm³/mol. The molecule has 0 spiro atoms. The minimum atomic E-state index is 0.00171. The largest absolute Gasteiger partial charge is 0.396 e. The van der Waals surface area contributed by atoms with Gasteiger partial charge in [0.25, 0.3) is 0 Å². The van der Waals surface area contributed by atoms with E-state index in [-0.39, 0.29) is 19.3 Å². The number of benzene rings is 1. The number of rotatable bonds is 7. The van der Waals surface area contributed by atoms with Gasteiger partial charge < -0.3 is 15.5 Å². The van der Waals surface area contributed by atoms with Crippen LogP contribution in [-0.4, -0.2) is 36.0 Å². The molecule has 0 aliphatic rings. The van der Waals surface area contributed by atoms with Crippen molar-refractivity contribution >= 4 is 0 Å². The average Bonchev–Trinajstić information content (AvgIpc) is 2.37. The van der Waals surface area contributed by atoms with Gasteiger partial charge in [-0.1, -0.05) is 12.1 Å². The highest BCUT2D eigenvalue weighted by Gasteiger charge is 2.07. The zero-order valence-corrected chi connectivity index (χ0v) is 11.7. The first-order valence-corrected chi connectivity index (χ1v) is 6.61. The van der Waals surface area contributed by atoms with Crippen LogP contribution in [-0.2, 0) is 6.42 Å². The van der Waals surface area contributed by atoms with Crippen LogP contribution in [0.5, 0.6) is 0 Å². The molecule has 1 rings (SSSR count). The van der Waals surface area contributed by atoms with Crippen molar-refractivity contribution in [3.05, 3.63) is 34.4 Å². The monoisotopic (exact) mass is 251 g/mol. The summed E-state index contributed by atoms with van der Waals surface area (Å²) in [5.41, 5.74) is 5.41. The first kappa shape index (κ1) is 15.2. The maximum atomic E-state index is 9.12. The van der Waals surface area contributed by atoms with Crippen molar-refractivity contribution in [2.75, 3.05) is 19.8 Å². The maximum absolute atomic E-state index is 9.12. The van der Waals surface area contributed by atoms with E-state index in [9.17, 15) is 0 Å². The van der Waals surface area contributed by atoms with E-state index in [0.717, 1.165) is 13.0 Å². The first-order chi connectivity index (χ1) is 8.60. The Morgan fingerprint density at radius 1 is 1.11 bits per heavy atom. The summed E-state index contributed by atoms with van der Waals surface area (Å²) in [4.78, 5) is 0. The molecule has 1 unspecified atom stereocenters. The third kappa shape index (κ3) is 4.09. The Morgan fingerprint density at radius 2 is 1.83 bits per heavy atom. The number of hydrogen-bond donors (Lipinski definition) is 3. The molecule has 0 saturated heterocycles. The van der Waals surface area contributed by atoms with Crippen molar-refractivity contribution < 1.29 is 10.2 Å². The Kier molecular flexibility index (Phi) is 6.33. The van der Waals surface area contributed by atoms with Crippen molar-refractivity contribution in [1.29, 1.82) is 0 Å². The molecule has 0 amide bonds. The molecule has 0 radical (unpaired) electrons. The second-order valence-corrected chi connectivity index (χ2v) is 4.89. The molecular formula is C15H25NO2. The lowest BCUT2D eigenvalue weighted by atomic mass is 9.97. The van der Waals surface area contributed by atoms with Gasteiger partial charge in [-0.2, -0.15) is 0 Å². The van der Waals surface area contributed by atoms with Crippen LogP contribution in [0.3, 0.4) is 0 Å². The minimum Gasteiger partial charge on any atom is -0.396 e. The number of aryl methyl sites for hydroxylation is 1. The van der Waals surface area contributed by atoms with Gasteiger partial charge >= 0.3 is 0 Å². The van der Waals surface area contributed by atoms with E-state index in [0.29, 0.717) is 6.42 Å². The van der Waals surface area contributed by atoms with Gasteiger partial charge in [0.1, 0.15) is 0 Å². The summed E-state index contributed by atoms with van der Waals surface area (Å²) in [6, 6.07) is 4.34. The fourth-order valence-corrected chi connectivity index (χ4v) is 2.11. The average molecular weight is 251 g/mol. The normalized spacial score (nSPS) is 12.7. The van der Waals surface area contributed by atoms with Crippen LogP contribution in [0.2, 0.25) is 0 Å². The quantitative estimate of drug-likeness (QED) is 0.688. The minimum absolute atomic E-state index is 0.00171. The molecule has 0 heterocycles. The van der Waals surface area contributed by atoms with Gasteiger partial charge in [0.15, 0.2) is 0 Å². The molecule has 3 N–H and O–H groups in total. The molecule has 0 saturated carbocycles. The lowest BCUT2D eigenvalue weighted by Gasteiger charge is -2.16. The van der Waals surface area contributed by atoms with E-state index in [1.165, 1.54) is 22.3 Å². The van der Waals surface area contributed by atoms with Gasteiger partial charge in [0.05, 0.1) is 6.61 Å². The Balaban J connectivity index is 2.51. The SMILES string of the molecule is Cc1ccc(CCNC(CO)CCO)c(C)c1C. The van der Waals surface area contributed by atoms with Gasteiger partial charge in [-0.25, -0.2) is 0 Å². The molecule has 0 aromatic heterocycles. The number of aliphatic hydroxyl groups is 2. The fourth-order valence-electron chi connectivity index (χ4n) is 2.11. The fraction of sp³-hybridized carbons (Fsp3) is 0.600. The van der Waals surface area contributed by atoms with Crippen LogP contribution in [0.4, 0.5) is 0 Å². The summed E-state index contributed by atoms with van der Waals surface area (Å²) in [5, 5.41) is 21.2. The molecule has 0 fully saturated rings. The molecule has 3 heteroatoms. The van der Waals surface area contributed by atoms with Gasteiger partial charge in [0.2, 0.25) is 0 Å². The van der Waals surface area contributed by atoms with Crippen LogP contribution in [0.15, 0.2) is 12.1 Å². The Morgan fingerprint density at radius 3 is 2.44 bits per heavy atom. The third-order valence-corrected chi connectivity index (χ3v) is 3.70. The van der Waals surface area contributed by atoms with E-state index in [4.69, 9.17) is 10.2 Å². The number of aliphatic hydroxyl groups excluding tert-OH is 2. The Hall–Kier alpha value is -0.900. The Bertz CT molecular complexity index is 377. The van der Waals surface area contributed by atoms with Crippen molar-refractivity contribution in [1.82, 2.24) is 5.32 Å². The third-order valence-electron chi connectivity index (χ3n) is 3.70. The lowest BCUT2D eigenvalue weighted by Crippen LogP contribution is -2.34. The van der Waals surface area contributed by atoms with Crippen LogP contribution in [0, 0.1) is 20.8 Å². The highest BCUT2D eigenvalue weighted by Crippen LogP contribution is 2.17. The van der Waals surface area contributed by atoms with Crippen molar-refractivity contribution in [3.8, 4) is 0 Å².